The number of dihydropyridines is 1. The van der Waals surface area contributed by atoms with Crippen molar-refractivity contribution in [2.75, 3.05) is 26.9 Å². The van der Waals surface area contributed by atoms with E-state index in [1.807, 2.05) is 24.3 Å². The largest absolute Gasteiger partial charge is 0.494 e. The maximum atomic E-state index is 13.3. The number of carbonyl (C=O) groups is 2. The summed E-state index contributed by atoms with van der Waals surface area (Å²) in [5.41, 5.74) is 2.75. The van der Waals surface area contributed by atoms with E-state index in [4.69, 9.17) is 19.3 Å². The normalized spacial score (nSPS) is 15.0. The second-order valence-corrected chi connectivity index (χ2v) is 9.14. The number of non-ortho nitro benzene ring substituents is 1. The average Bonchev–Trinajstić information content (AvgIpc) is 2.93. The van der Waals surface area contributed by atoms with Crippen molar-refractivity contribution in [1.82, 2.24) is 5.32 Å². The molecule has 1 aliphatic heterocycles. The number of nitrogens with one attached hydrogen (secondary N) is 1. The van der Waals surface area contributed by atoms with Crippen molar-refractivity contribution in [1.29, 1.82) is 0 Å². The molecule has 10 heteroatoms. The number of methoxy groups -OCH3 is 1. The van der Waals surface area contributed by atoms with Crippen molar-refractivity contribution in [3.05, 3.63) is 92.3 Å². The Balaban J connectivity index is 1.64. The molecule has 0 aromatic heterocycles. The topological polar surface area (TPSA) is 137 Å². The number of rotatable bonds is 13. The Kier molecular flexibility index (Phi) is 10.6. The summed E-state index contributed by atoms with van der Waals surface area (Å²) < 4.78 is 16.3. The van der Waals surface area contributed by atoms with Crippen LogP contribution in [0.5, 0.6) is 5.75 Å². The predicted molar refractivity (Wildman–Crippen MR) is 144 cm³/mol. The van der Waals surface area contributed by atoms with E-state index in [0.29, 0.717) is 36.4 Å². The molecular formula is C29H34N2O8. The van der Waals surface area contributed by atoms with Crippen LogP contribution in [-0.2, 0) is 25.5 Å². The highest BCUT2D eigenvalue weighted by Gasteiger charge is 2.38. The number of aliphatic hydroxyl groups is 1. The van der Waals surface area contributed by atoms with Crippen LogP contribution >= 0.6 is 0 Å². The first kappa shape index (κ1) is 29.4. The predicted octanol–water partition coefficient (Wildman–Crippen LogP) is 4.33. The van der Waals surface area contributed by atoms with Crippen molar-refractivity contribution in [3.63, 3.8) is 0 Å². The third-order valence-corrected chi connectivity index (χ3v) is 6.39. The van der Waals surface area contributed by atoms with Gasteiger partial charge in [0, 0.05) is 30.1 Å². The van der Waals surface area contributed by atoms with Gasteiger partial charge in [-0.25, -0.2) is 9.59 Å². The quantitative estimate of drug-likeness (QED) is 0.165. The molecule has 2 aromatic carbocycles. The van der Waals surface area contributed by atoms with Gasteiger partial charge in [-0.3, -0.25) is 10.1 Å². The zero-order valence-corrected chi connectivity index (χ0v) is 22.4. The Morgan fingerprint density at radius 2 is 1.64 bits per heavy atom. The van der Waals surface area contributed by atoms with Crippen molar-refractivity contribution in [2.24, 2.45) is 0 Å². The van der Waals surface area contributed by atoms with Crippen LogP contribution in [0.2, 0.25) is 0 Å². The molecule has 0 saturated heterocycles. The van der Waals surface area contributed by atoms with Crippen LogP contribution in [0.3, 0.4) is 0 Å². The summed E-state index contributed by atoms with van der Waals surface area (Å²) in [6, 6.07) is 13.6. The van der Waals surface area contributed by atoms with Gasteiger partial charge in [-0.1, -0.05) is 24.3 Å². The highest BCUT2D eigenvalue weighted by molar-refractivity contribution is 5.99. The summed E-state index contributed by atoms with van der Waals surface area (Å²) in [5, 5.41) is 23.4. The van der Waals surface area contributed by atoms with Gasteiger partial charge in [0.2, 0.25) is 0 Å². The fourth-order valence-corrected chi connectivity index (χ4v) is 4.47. The number of nitrogens with zero attached hydrogens (tertiary/aromatic N) is 1. The van der Waals surface area contributed by atoms with E-state index in [2.05, 4.69) is 5.32 Å². The van der Waals surface area contributed by atoms with Crippen molar-refractivity contribution in [2.45, 2.75) is 45.4 Å². The first-order valence-electron chi connectivity index (χ1n) is 12.8. The maximum absolute atomic E-state index is 13.3. The third-order valence-electron chi connectivity index (χ3n) is 6.39. The molecule has 1 unspecified atom stereocenters. The van der Waals surface area contributed by atoms with Gasteiger partial charge >= 0.3 is 11.9 Å². The van der Waals surface area contributed by atoms with E-state index in [9.17, 15) is 19.7 Å². The molecule has 10 nitrogen and oxygen atoms in total. The molecule has 1 atom stereocenters. The lowest BCUT2D eigenvalue weighted by Crippen LogP contribution is -2.32. The zero-order chi connectivity index (χ0) is 28.4. The van der Waals surface area contributed by atoms with Gasteiger partial charge in [-0.2, -0.15) is 0 Å². The molecule has 0 aliphatic carbocycles. The number of aryl methyl sites for hydroxylation is 1. The molecule has 0 spiro atoms. The summed E-state index contributed by atoms with van der Waals surface area (Å²) in [6.45, 7) is 4.12. The first-order valence-corrected chi connectivity index (χ1v) is 12.8. The first-order chi connectivity index (χ1) is 18.8. The lowest BCUT2D eigenvalue weighted by atomic mass is 9.80. The van der Waals surface area contributed by atoms with E-state index in [0.717, 1.165) is 24.2 Å². The molecule has 1 heterocycles. The van der Waals surface area contributed by atoms with E-state index in [-0.39, 0.29) is 30.0 Å². The molecule has 2 N–H and O–H groups in total. The monoisotopic (exact) mass is 538 g/mol. The van der Waals surface area contributed by atoms with E-state index in [1.54, 1.807) is 19.9 Å². The lowest BCUT2D eigenvalue weighted by molar-refractivity contribution is -0.384. The minimum atomic E-state index is -0.894. The van der Waals surface area contributed by atoms with Gasteiger partial charge < -0.3 is 24.6 Å². The zero-order valence-electron chi connectivity index (χ0n) is 22.4. The number of esters is 2. The highest BCUT2D eigenvalue weighted by atomic mass is 16.6. The Morgan fingerprint density at radius 3 is 2.28 bits per heavy atom. The van der Waals surface area contributed by atoms with Gasteiger partial charge in [0.15, 0.2) is 0 Å². The van der Waals surface area contributed by atoms with Crippen molar-refractivity contribution in [3.8, 4) is 5.75 Å². The van der Waals surface area contributed by atoms with E-state index < -0.39 is 22.8 Å². The molecule has 1 aliphatic rings. The van der Waals surface area contributed by atoms with E-state index in [1.165, 1.54) is 25.3 Å². The van der Waals surface area contributed by atoms with Crippen LogP contribution in [0.1, 0.15) is 50.2 Å². The number of nitro groups is 1. The van der Waals surface area contributed by atoms with Crippen LogP contribution < -0.4 is 10.1 Å². The lowest BCUT2D eigenvalue weighted by Gasteiger charge is -2.30. The van der Waals surface area contributed by atoms with Gasteiger partial charge in [-0.15, -0.1) is 0 Å². The van der Waals surface area contributed by atoms with Gasteiger partial charge in [-0.05, 0) is 62.8 Å². The number of benzene rings is 2. The third kappa shape index (κ3) is 7.67. The Morgan fingerprint density at radius 1 is 0.974 bits per heavy atom. The molecule has 39 heavy (non-hydrogen) atoms. The molecule has 208 valence electrons. The molecule has 0 saturated carbocycles. The smallest absolute Gasteiger partial charge is 0.336 e. The standard InChI is InChI=1S/C29H34N2O8/c1-19-25(28(33)37-3)27(22-9-6-10-23(18-22)31(35)36)26(20(2)30-19)29(34)39-17-5-4-16-38-24-13-11-21(12-14-24)8-7-15-32/h6,9-14,18,27,30,32H,4-5,7-8,15-17H2,1-3H3. The van der Waals surface area contributed by atoms with Gasteiger partial charge in [0.1, 0.15) is 5.75 Å². The minimum Gasteiger partial charge on any atom is -0.494 e. The molecule has 0 bridgehead atoms. The van der Waals surface area contributed by atoms with Crippen LogP contribution in [0, 0.1) is 10.1 Å². The summed E-state index contributed by atoms with van der Waals surface area (Å²) in [6.07, 6.45) is 2.74. The average molecular weight is 539 g/mol. The van der Waals surface area contributed by atoms with Crippen LogP contribution in [-0.4, -0.2) is 48.9 Å². The minimum absolute atomic E-state index is 0.136. The summed E-state index contributed by atoms with van der Waals surface area (Å²) >= 11 is 0. The number of ether oxygens (including phenoxy) is 3. The van der Waals surface area contributed by atoms with Crippen LogP contribution in [0.15, 0.2) is 71.1 Å². The summed E-state index contributed by atoms with van der Waals surface area (Å²) in [5.74, 6) is -1.42. The second-order valence-electron chi connectivity index (χ2n) is 9.14. The van der Waals surface area contributed by atoms with Gasteiger partial charge in [0.05, 0.1) is 42.3 Å². The van der Waals surface area contributed by atoms with Crippen molar-refractivity contribution >= 4 is 17.6 Å². The number of unbranched alkanes of at least 4 members (excludes halogenated alkanes) is 1. The SMILES string of the molecule is COC(=O)C1=C(C)NC(C)=C(C(=O)OCCCCOc2ccc(CCCO)cc2)C1c1cccc([N+](=O)[O-])c1. The Labute approximate surface area is 227 Å². The van der Waals surface area contributed by atoms with Crippen molar-refractivity contribution < 1.29 is 33.8 Å². The highest BCUT2D eigenvalue weighted by Crippen LogP contribution is 2.40. The van der Waals surface area contributed by atoms with Crippen LogP contribution in [0.4, 0.5) is 5.69 Å². The molecule has 0 amide bonds. The fourth-order valence-electron chi connectivity index (χ4n) is 4.47. The number of allylic oxidation sites excluding steroid dienone is 2. The van der Waals surface area contributed by atoms with Gasteiger partial charge in [0.25, 0.3) is 5.69 Å². The Hall–Kier alpha value is -4.18. The molecule has 3 rings (SSSR count). The Bertz CT molecular complexity index is 1250. The molecule has 0 fully saturated rings. The van der Waals surface area contributed by atoms with E-state index >= 15 is 0 Å². The number of carbonyl (C=O) groups excluding carboxylic acids is 2. The fraction of sp³-hybridized carbons (Fsp3) is 0.379. The number of nitro benzene ring substituents is 1. The second kappa shape index (κ2) is 14.1. The number of hydrogen-bond donors (Lipinski definition) is 2. The molecular weight excluding hydrogens is 504 g/mol. The molecule has 2 aromatic rings. The van der Waals surface area contributed by atoms with Crippen LogP contribution in [0.25, 0.3) is 0 Å². The number of hydrogen-bond acceptors (Lipinski definition) is 9. The molecule has 0 radical (unpaired) electrons. The summed E-state index contributed by atoms with van der Waals surface area (Å²) in [7, 11) is 1.24. The summed E-state index contributed by atoms with van der Waals surface area (Å²) in [4.78, 5) is 36.8. The number of aliphatic hydroxyl groups excluding tert-OH is 1. The maximum Gasteiger partial charge on any atom is 0.336 e.